The Bertz CT molecular complexity index is 1350. The Labute approximate surface area is 201 Å². The number of rotatable bonds is 7. The maximum Gasteiger partial charge on any atom is 0.293 e. The van der Waals surface area contributed by atoms with Crippen LogP contribution in [-0.4, -0.2) is 25.6 Å². The molecule has 0 saturated carbocycles. The fourth-order valence-corrected chi connectivity index (χ4v) is 4.71. The normalized spacial score (nSPS) is 11.7. The van der Waals surface area contributed by atoms with Crippen LogP contribution in [-0.2, 0) is 4.79 Å². The summed E-state index contributed by atoms with van der Waals surface area (Å²) in [5, 5.41) is 22.7. The van der Waals surface area contributed by atoms with Gasteiger partial charge in [0.25, 0.3) is 5.69 Å². The van der Waals surface area contributed by atoms with Gasteiger partial charge in [-0.3, -0.25) is 19.5 Å². The quantitative estimate of drug-likeness (QED) is 0.214. The molecule has 0 radical (unpaired) electrons. The fraction of sp³-hybridized carbons (Fsp3) is 0.160. The molecule has 0 bridgehead atoms. The summed E-state index contributed by atoms with van der Waals surface area (Å²) in [5.74, 6) is 0.304. The van der Waals surface area contributed by atoms with Crippen LogP contribution in [0.5, 0.6) is 0 Å². The van der Waals surface area contributed by atoms with Gasteiger partial charge >= 0.3 is 0 Å². The standard InChI is InChI=1S/C25H23N5O3S/c1-16-13-14-20(22(15-16)30(32)33)26-24(31)23(19-10-5-4-6-11-19)34-25-28-27-18(3)29(25)21-12-8-7-9-17(21)2/h4-15,23H,1-3H3,(H,26,31). The summed E-state index contributed by atoms with van der Waals surface area (Å²) < 4.78 is 1.91. The Hall–Kier alpha value is -3.98. The highest BCUT2D eigenvalue weighted by Crippen LogP contribution is 2.38. The average Bonchev–Trinajstić information content (AvgIpc) is 3.19. The van der Waals surface area contributed by atoms with E-state index in [9.17, 15) is 14.9 Å². The van der Waals surface area contributed by atoms with Crippen molar-refractivity contribution >= 4 is 29.0 Å². The minimum absolute atomic E-state index is 0.149. The van der Waals surface area contributed by atoms with Crippen LogP contribution < -0.4 is 5.32 Å². The molecule has 0 fully saturated rings. The van der Waals surface area contributed by atoms with E-state index in [4.69, 9.17) is 0 Å². The molecule has 1 atom stereocenters. The Kier molecular flexibility index (Phi) is 6.74. The number of carbonyl (C=O) groups excluding carboxylic acids is 1. The lowest BCUT2D eigenvalue weighted by atomic mass is 10.1. The first-order chi connectivity index (χ1) is 16.3. The number of anilines is 1. The topological polar surface area (TPSA) is 103 Å². The molecule has 8 nitrogen and oxygen atoms in total. The van der Waals surface area contributed by atoms with E-state index in [0.29, 0.717) is 11.0 Å². The molecular weight excluding hydrogens is 450 g/mol. The highest BCUT2D eigenvalue weighted by Gasteiger charge is 2.28. The number of aromatic nitrogens is 3. The van der Waals surface area contributed by atoms with Crippen molar-refractivity contribution in [3.8, 4) is 5.69 Å². The summed E-state index contributed by atoms with van der Waals surface area (Å²) in [5.41, 5.74) is 3.46. The Balaban J connectivity index is 1.72. The first kappa shape index (κ1) is 23.2. The van der Waals surface area contributed by atoms with Gasteiger partial charge in [-0.15, -0.1) is 10.2 Å². The third kappa shape index (κ3) is 4.84. The molecule has 172 valence electrons. The van der Waals surface area contributed by atoms with Crippen LogP contribution in [0, 0.1) is 30.9 Å². The Morgan fingerprint density at radius 3 is 2.41 bits per heavy atom. The van der Waals surface area contributed by atoms with Crippen LogP contribution in [0.3, 0.4) is 0 Å². The largest absolute Gasteiger partial charge is 0.319 e. The van der Waals surface area contributed by atoms with E-state index in [2.05, 4.69) is 15.5 Å². The number of amides is 1. The van der Waals surface area contributed by atoms with E-state index in [1.54, 1.807) is 19.1 Å². The lowest BCUT2D eigenvalue weighted by Gasteiger charge is -2.18. The van der Waals surface area contributed by atoms with E-state index in [1.165, 1.54) is 17.8 Å². The summed E-state index contributed by atoms with van der Waals surface area (Å²) in [7, 11) is 0. The van der Waals surface area contributed by atoms with Gasteiger partial charge in [0.05, 0.1) is 10.6 Å². The maximum atomic E-state index is 13.5. The number of hydrogen-bond acceptors (Lipinski definition) is 6. The Morgan fingerprint density at radius 2 is 1.71 bits per heavy atom. The zero-order chi connectivity index (χ0) is 24.2. The molecular formula is C25H23N5O3S. The highest BCUT2D eigenvalue weighted by atomic mass is 32.2. The predicted molar refractivity (Wildman–Crippen MR) is 132 cm³/mol. The number of nitrogens with one attached hydrogen (secondary N) is 1. The molecule has 9 heteroatoms. The molecule has 0 saturated heterocycles. The van der Waals surface area contributed by atoms with Gasteiger partial charge < -0.3 is 5.32 Å². The number of thioether (sulfide) groups is 1. The minimum Gasteiger partial charge on any atom is -0.319 e. The molecule has 3 aromatic carbocycles. The summed E-state index contributed by atoms with van der Waals surface area (Å²) in [6.45, 7) is 5.62. The second-order valence-corrected chi connectivity index (χ2v) is 8.90. The number of para-hydroxylation sites is 1. The first-order valence-electron chi connectivity index (χ1n) is 10.6. The minimum atomic E-state index is -0.714. The molecule has 1 amide bonds. The number of benzene rings is 3. The fourth-order valence-electron chi connectivity index (χ4n) is 3.61. The summed E-state index contributed by atoms with van der Waals surface area (Å²) >= 11 is 1.25. The van der Waals surface area contributed by atoms with Gasteiger partial charge in [0, 0.05) is 6.07 Å². The van der Waals surface area contributed by atoms with Crippen LogP contribution >= 0.6 is 11.8 Å². The van der Waals surface area contributed by atoms with Crippen LogP contribution in [0.25, 0.3) is 5.69 Å². The van der Waals surface area contributed by atoms with Crippen LogP contribution in [0.1, 0.15) is 27.8 Å². The molecule has 1 heterocycles. The smallest absolute Gasteiger partial charge is 0.293 e. The van der Waals surface area contributed by atoms with Gasteiger partial charge in [-0.2, -0.15) is 0 Å². The molecule has 1 N–H and O–H groups in total. The van der Waals surface area contributed by atoms with Crippen LogP contribution in [0.2, 0.25) is 0 Å². The van der Waals surface area contributed by atoms with Gasteiger partial charge in [0.2, 0.25) is 5.91 Å². The molecule has 0 aliphatic heterocycles. The molecule has 1 unspecified atom stereocenters. The molecule has 4 aromatic rings. The lowest BCUT2D eigenvalue weighted by Crippen LogP contribution is -2.20. The third-order valence-corrected chi connectivity index (χ3v) is 6.52. The molecule has 34 heavy (non-hydrogen) atoms. The number of nitro groups is 1. The van der Waals surface area contributed by atoms with Crippen molar-refractivity contribution in [3.05, 3.63) is 105 Å². The first-order valence-corrected chi connectivity index (χ1v) is 11.5. The van der Waals surface area contributed by atoms with Crippen molar-refractivity contribution in [3.63, 3.8) is 0 Å². The summed E-state index contributed by atoms with van der Waals surface area (Å²) in [6.07, 6.45) is 0. The van der Waals surface area contributed by atoms with E-state index in [1.807, 2.05) is 73.0 Å². The second kappa shape index (κ2) is 9.88. The van der Waals surface area contributed by atoms with Gasteiger partial charge in [0.15, 0.2) is 5.16 Å². The van der Waals surface area contributed by atoms with Crippen LogP contribution in [0.4, 0.5) is 11.4 Å². The van der Waals surface area contributed by atoms with Crippen molar-refractivity contribution < 1.29 is 9.72 Å². The average molecular weight is 474 g/mol. The highest BCUT2D eigenvalue weighted by molar-refractivity contribution is 8.00. The molecule has 1 aromatic heterocycles. The van der Waals surface area contributed by atoms with Crippen molar-refractivity contribution in [2.45, 2.75) is 31.2 Å². The molecule has 0 spiro atoms. The van der Waals surface area contributed by atoms with Crippen LogP contribution in [0.15, 0.2) is 78.0 Å². The van der Waals surface area contributed by atoms with Gasteiger partial charge in [-0.05, 0) is 49.6 Å². The van der Waals surface area contributed by atoms with Crippen molar-refractivity contribution in [1.29, 1.82) is 0 Å². The molecule has 0 aliphatic rings. The van der Waals surface area contributed by atoms with Crippen molar-refractivity contribution in [2.24, 2.45) is 0 Å². The number of hydrogen-bond donors (Lipinski definition) is 1. The number of carbonyl (C=O) groups is 1. The lowest BCUT2D eigenvalue weighted by molar-refractivity contribution is -0.384. The van der Waals surface area contributed by atoms with Gasteiger partial charge in [0.1, 0.15) is 16.8 Å². The predicted octanol–water partition coefficient (Wildman–Crippen LogP) is 5.57. The van der Waals surface area contributed by atoms with Gasteiger partial charge in [-0.1, -0.05) is 66.4 Å². The monoisotopic (exact) mass is 473 g/mol. The van der Waals surface area contributed by atoms with E-state index >= 15 is 0 Å². The molecule has 0 aliphatic carbocycles. The van der Waals surface area contributed by atoms with Crippen molar-refractivity contribution in [2.75, 3.05) is 5.32 Å². The SMILES string of the molecule is Cc1ccc(NC(=O)C(Sc2nnc(C)n2-c2ccccc2C)c2ccccc2)c([N+](=O)[O-])c1. The summed E-state index contributed by atoms with van der Waals surface area (Å²) in [6, 6.07) is 21.9. The number of nitrogens with zero attached hydrogens (tertiary/aromatic N) is 4. The zero-order valence-corrected chi connectivity index (χ0v) is 19.7. The number of nitro benzene ring substituents is 1. The van der Waals surface area contributed by atoms with Gasteiger partial charge in [-0.25, -0.2) is 0 Å². The van der Waals surface area contributed by atoms with E-state index in [0.717, 1.165) is 22.4 Å². The maximum absolute atomic E-state index is 13.5. The number of aryl methyl sites for hydroxylation is 3. The van der Waals surface area contributed by atoms with E-state index in [-0.39, 0.29) is 17.3 Å². The Morgan fingerprint density at radius 1 is 1.00 bits per heavy atom. The second-order valence-electron chi connectivity index (χ2n) is 7.83. The third-order valence-electron chi connectivity index (χ3n) is 5.32. The van der Waals surface area contributed by atoms with E-state index < -0.39 is 10.2 Å². The van der Waals surface area contributed by atoms with Crippen molar-refractivity contribution in [1.82, 2.24) is 14.8 Å². The zero-order valence-electron chi connectivity index (χ0n) is 18.9. The summed E-state index contributed by atoms with van der Waals surface area (Å²) in [4.78, 5) is 24.5. The molecule has 4 rings (SSSR count).